The smallest absolute Gasteiger partial charge is 0.249 e. The summed E-state index contributed by atoms with van der Waals surface area (Å²) in [6.45, 7) is 0. The van der Waals surface area contributed by atoms with Crippen molar-refractivity contribution in [1.29, 1.82) is 0 Å². The van der Waals surface area contributed by atoms with Crippen molar-refractivity contribution in [3.63, 3.8) is 0 Å². The molecule has 70 valence electrons. The van der Waals surface area contributed by atoms with Crippen molar-refractivity contribution in [2.75, 3.05) is 0 Å². The highest BCUT2D eigenvalue weighted by Gasteiger charge is 2.25. The first-order valence-electron chi connectivity index (χ1n) is 4.82. The Morgan fingerprint density at radius 2 is 2.29 bits per heavy atom. The number of pyridine rings is 2. The van der Waals surface area contributed by atoms with Crippen LogP contribution in [0.1, 0.15) is 24.3 Å². The minimum absolute atomic E-state index is 0.0434. The van der Waals surface area contributed by atoms with Crippen LogP contribution in [0, 0.1) is 0 Å². The molecule has 3 heteroatoms. The van der Waals surface area contributed by atoms with Crippen molar-refractivity contribution >= 4 is 11.0 Å². The molecule has 0 aromatic carbocycles. The second-order valence-corrected chi connectivity index (χ2v) is 3.76. The summed E-state index contributed by atoms with van der Waals surface area (Å²) in [6, 6.07) is 5.64. The van der Waals surface area contributed by atoms with Crippen molar-refractivity contribution in [2.45, 2.75) is 18.8 Å². The molecule has 0 spiro atoms. The second-order valence-electron chi connectivity index (χ2n) is 3.76. The highest BCUT2D eigenvalue weighted by molar-refractivity contribution is 5.79. The number of fused-ring (bicyclic) bond motifs is 1. The lowest BCUT2D eigenvalue weighted by atomic mass is 10.1. The van der Waals surface area contributed by atoms with E-state index in [-0.39, 0.29) is 5.56 Å². The molecular formula is C11H10N2O. The van der Waals surface area contributed by atoms with Gasteiger partial charge in [0, 0.05) is 17.6 Å². The van der Waals surface area contributed by atoms with E-state index in [4.69, 9.17) is 0 Å². The Labute approximate surface area is 80.8 Å². The Morgan fingerprint density at radius 1 is 1.43 bits per heavy atom. The fourth-order valence-electron chi connectivity index (χ4n) is 1.84. The van der Waals surface area contributed by atoms with E-state index in [0.717, 1.165) is 10.9 Å². The molecule has 1 saturated carbocycles. The summed E-state index contributed by atoms with van der Waals surface area (Å²) >= 11 is 0. The molecule has 14 heavy (non-hydrogen) atoms. The van der Waals surface area contributed by atoms with Gasteiger partial charge in [-0.1, -0.05) is 0 Å². The highest BCUT2D eigenvalue weighted by Crippen LogP contribution is 2.41. The average Bonchev–Trinajstić information content (AvgIpc) is 2.99. The number of nitrogens with one attached hydrogen (secondary N) is 1. The number of aromatic nitrogens is 2. The van der Waals surface area contributed by atoms with E-state index in [2.05, 4.69) is 9.97 Å². The first-order chi connectivity index (χ1) is 6.84. The van der Waals surface area contributed by atoms with Crippen molar-refractivity contribution in [1.82, 2.24) is 9.97 Å². The van der Waals surface area contributed by atoms with Crippen LogP contribution >= 0.6 is 0 Å². The summed E-state index contributed by atoms with van der Waals surface area (Å²) in [5.41, 5.74) is 1.83. The Balaban J connectivity index is 2.40. The second kappa shape index (κ2) is 2.67. The summed E-state index contributed by atoms with van der Waals surface area (Å²) in [7, 11) is 0. The molecule has 1 fully saturated rings. The molecule has 0 atom stereocenters. The minimum atomic E-state index is -0.0434. The Bertz CT molecular complexity index is 540. The molecule has 1 aliphatic carbocycles. The van der Waals surface area contributed by atoms with Gasteiger partial charge in [0.25, 0.3) is 0 Å². The number of H-pyrrole nitrogens is 1. The number of aromatic amines is 1. The van der Waals surface area contributed by atoms with E-state index in [0.29, 0.717) is 11.6 Å². The third kappa shape index (κ3) is 1.13. The Hall–Kier alpha value is -1.64. The number of rotatable bonds is 1. The van der Waals surface area contributed by atoms with Crippen LogP contribution in [0.2, 0.25) is 0 Å². The SMILES string of the molecule is O=c1cc(C2CC2)c2cccnc2[nH]1. The first kappa shape index (κ1) is 7.74. The van der Waals surface area contributed by atoms with Gasteiger partial charge in [-0.2, -0.15) is 0 Å². The van der Waals surface area contributed by atoms with Crippen molar-refractivity contribution < 1.29 is 0 Å². The first-order valence-corrected chi connectivity index (χ1v) is 4.82. The third-order valence-electron chi connectivity index (χ3n) is 2.66. The van der Waals surface area contributed by atoms with E-state index < -0.39 is 0 Å². The van der Waals surface area contributed by atoms with Crippen molar-refractivity contribution in [3.8, 4) is 0 Å². The number of nitrogens with zero attached hydrogens (tertiary/aromatic N) is 1. The summed E-state index contributed by atoms with van der Waals surface area (Å²) in [6.07, 6.45) is 4.11. The van der Waals surface area contributed by atoms with Gasteiger partial charge in [0.1, 0.15) is 5.65 Å². The van der Waals surface area contributed by atoms with Crippen LogP contribution < -0.4 is 5.56 Å². The fraction of sp³-hybridized carbons (Fsp3) is 0.273. The van der Waals surface area contributed by atoms with Crippen LogP contribution in [0.3, 0.4) is 0 Å². The maximum atomic E-state index is 11.3. The topological polar surface area (TPSA) is 45.8 Å². The van der Waals surface area contributed by atoms with Gasteiger partial charge in [-0.05, 0) is 36.5 Å². The summed E-state index contributed by atoms with van der Waals surface area (Å²) in [5, 5.41) is 1.09. The van der Waals surface area contributed by atoms with E-state index >= 15 is 0 Å². The van der Waals surface area contributed by atoms with Crippen LogP contribution in [0.5, 0.6) is 0 Å². The van der Waals surface area contributed by atoms with Crippen LogP contribution in [-0.4, -0.2) is 9.97 Å². The summed E-state index contributed by atoms with van der Waals surface area (Å²) in [4.78, 5) is 18.2. The maximum absolute atomic E-state index is 11.3. The largest absolute Gasteiger partial charge is 0.307 e. The third-order valence-corrected chi connectivity index (χ3v) is 2.66. The monoisotopic (exact) mass is 186 g/mol. The molecule has 0 amide bonds. The molecule has 0 unspecified atom stereocenters. The predicted molar refractivity (Wildman–Crippen MR) is 54.3 cm³/mol. The molecule has 0 radical (unpaired) electrons. The van der Waals surface area contributed by atoms with Gasteiger partial charge in [-0.25, -0.2) is 4.98 Å². The van der Waals surface area contributed by atoms with E-state index in [1.54, 1.807) is 12.3 Å². The molecule has 3 nitrogen and oxygen atoms in total. The van der Waals surface area contributed by atoms with Gasteiger partial charge in [-0.15, -0.1) is 0 Å². The number of hydrogen-bond acceptors (Lipinski definition) is 2. The summed E-state index contributed by atoms with van der Waals surface area (Å²) in [5.74, 6) is 0.587. The standard InChI is InChI=1S/C11H10N2O/c14-10-6-9(7-3-4-7)8-2-1-5-12-11(8)13-10/h1-2,5-7H,3-4H2,(H,12,13,14). The minimum Gasteiger partial charge on any atom is -0.307 e. The van der Waals surface area contributed by atoms with E-state index in [1.165, 1.54) is 12.8 Å². The normalized spacial score (nSPS) is 16.0. The lowest BCUT2D eigenvalue weighted by Gasteiger charge is -2.02. The molecule has 0 saturated heterocycles. The van der Waals surface area contributed by atoms with E-state index in [1.807, 2.05) is 12.1 Å². The lowest BCUT2D eigenvalue weighted by molar-refractivity contribution is 1.11. The van der Waals surface area contributed by atoms with Gasteiger partial charge in [0.05, 0.1) is 0 Å². The fourth-order valence-corrected chi connectivity index (χ4v) is 1.84. The maximum Gasteiger partial charge on any atom is 0.249 e. The van der Waals surface area contributed by atoms with Crippen molar-refractivity contribution in [2.24, 2.45) is 0 Å². The molecule has 1 aliphatic rings. The van der Waals surface area contributed by atoms with Crippen LogP contribution in [0.15, 0.2) is 29.2 Å². The molecule has 1 N–H and O–H groups in total. The van der Waals surface area contributed by atoms with Gasteiger partial charge >= 0.3 is 0 Å². The Morgan fingerprint density at radius 3 is 3.07 bits per heavy atom. The van der Waals surface area contributed by atoms with Crippen LogP contribution in [-0.2, 0) is 0 Å². The quantitative estimate of drug-likeness (QED) is 0.738. The van der Waals surface area contributed by atoms with E-state index in [9.17, 15) is 4.79 Å². The molecule has 2 heterocycles. The zero-order chi connectivity index (χ0) is 9.54. The summed E-state index contributed by atoms with van der Waals surface area (Å²) < 4.78 is 0. The lowest BCUT2D eigenvalue weighted by Crippen LogP contribution is -2.06. The molecule has 3 rings (SSSR count). The molecular weight excluding hydrogens is 176 g/mol. The molecule has 0 aliphatic heterocycles. The zero-order valence-electron chi connectivity index (χ0n) is 7.66. The average molecular weight is 186 g/mol. The molecule has 2 aromatic rings. The molecule has 2 aromatic heterocycles. The van der Waals surface area contributed by atoms with Gasteiger partial charge in [0.15, 0.2) is 0 Å². The van der Waals surface area contributed by atoms with Crippen molar-refractivity contribution in [3.05, 3.63) is 40.3 Å². The predicted octanol–water partition coefficient (Wildman–Crippen LogP) is 1.80. The van der Waals surface area contributed by atoms with Crippen LogP contribution in [0.4, 0.5) is 0 Å². The number of hydrogen-bond donors (Lipinski definition) is 1. The van der Waals surface area contributed by atoms with Crippen LogP contribution in [0.25, 0.3) is 11.0 Å². The van der Waals surface area contributed by atoms with Gasteiger partial charge in [0.2, 0.25) is 5.56 Å². The molecule has 0 bridgehead atoms. The van der Waals surface area contributed by atoms with Gasteiger partial charge in [-0.3, -0.25) is 4.79 Å². The van der Waals surface area contributed by atoms with Gasteiger partial charge < -0.3 is 4.98 Å². The Kier molecular flexibility index (Phi) is 1.48. The highest BCUT2D eigenvalue weighted by atomic mass is 16.1. The zero-order valence-corrected chi connectivity index (χ0v) is 7.66.